The minimum Gasteiger partial charge on any atom is -0.480 e. The Morgan fingerprint density at radius 2 is 1.93 bits per heavy atom. The van der Waals surface area contributed by atoms with E-state index in [0.29, 0.717) is 0 Å². The predicted molar refractivity (Wildman–Crippen MR) is 47.0 cm³/mol. The average Bonchev–Trinajstić information content (AvgIpc) is 2.18. The van der Waals surface area contributed by atoms with E-state index in [1.807, 2.05) is 0 Å². The van der Waals surface area contributed by atoms with Crippen LogP contribution in [0.4, 0.5) is 0 Å². The Morgan fingerprint density at radius 3 is 2.27 bits per heavy atom. The van der Waals surface area contributed by atoms with E-state index >= 15 is 0 Å². The van der Waals surface area contributed by atoms with Gasteiger partial charge in [-0.2, -0.15) is 5.26 Å². The highest BCUT2D eigenvalue weighted by Gasteiger charge is 2.28. The van der Waals surface area contributed by atoms with E-state index in [-0.39, 0.29) is 11.3 Å². The van der Waals surface area contributed by atoms with Crippen molar-refractivity contribution in [2.45, 2.75) is 5.92 Å². The van der Waals surface area contributed by atoms with Gasteiger partial charge in [0.1, 0.15) is 6.07 Å². The number of nitriles is 1. The molecular formula is C9H6N2O4. The van der Waals surface area contributed by atoms with Crippen molar-refractivity contribution in [3.05, 3.63) is 29.6 Å². The van der Waals surface area contributed by atoms with Crippen molar-refractivity contribution < 1.29 is 19.8 Å². The molecule has 15 heavy (non-hydrogen) atoms. The molecule has 0 unspecified atom stereocenters. The van der Waals surface area contributed by atoms with E-state index in [0.717, 1.165) is 6.20 Å². The third-order valence-electron chi connectivity index (χ3n) is 1.71. The molecule has 0 fully saturated rings. The Bertz CT molecular complexity index is 418. The van der Waals surface area contributed by atoms with Crippen LogP contribution in [0.25, 0.3) is 0 Å². The minimum absolute atomic E-state index is 0.103. The van der Waals surface area contributed by atoms with E-state index in [4.69, 9.17) is 15.5 Å². The summed E-state index contributed by atoms with van der Waals surface area (Å²) >= 11 is 0. The molecule has 0 aliphatic carbocycles. The molecule has 1 aromatic rings. The molecule has 0 spiro atoms. The molecule has 1 aromatic heterocycles. The molecule has 1 rings (SSSR count). The number of carboxylic acids is 2. The maximum Gasteiger partial charge on any atom is 0.324 e. The highest BCUT2D eigenvalue weighted by Crippen LogP contribution is 2.14. The molecule has 0 aliphatic heterocycles. The number of aliphatic carboxylic acids is 2. The number of rotatable bonds is 3. The van der Waals surface area contributed by atoms with Gasteiger partial charge >= 0.3 is 11.9 Å². The van der Waals surface area contributed by atoms with E-state index < -0.39 is 17.9 Å². The van der Waals surface area contributed by atoms with Crippen LogP contribution in [-0.4, -0.2) is 27.1 Å². The van der Waals surface area contributed by atoms with Crippen LogP contribution in [0.2, 0.25) is 0 Å². The molecule has 0 aliphatic rings. The van der Waals surface area contributed by atoms with Crippen LogP contribution in [0.3, 0.4) is 0 Å². The molecule has 0 bridgehead atoms. The summed E-state index contributed by atoms with van der Waals surface area (Å²) in [4.78, 5) is 24.8. The number of hydrogen-bond acceptors (Lipinski definition) is 4. The molecule has 1 heterocycles. The Kier molecular flexibility index (Phi) is 2.98. The second-order valence-corrected chi connectivity index (χ2v) is 2.69. The first kappa shape index (κ1) is 10.7. The number of pyridine rings is 1. The van der Waals surface area contributed by atoms with Gasteiger partial charge < -0.3 is 10.2 Å². The van der Waals surface area contributed by atoms with Crippen molar-refractivity contribution in [1.29, 1.82) is 5.26 Å². The van der Waals surface area contributed by atoms with Gasteiger partial charge in [-0.3, -0.25) is 14.6 Å². The van der Waals surface area contributed by atoms with Crippen molar-refractivity contribution in [3.8, 4) is 6.07 Å². The fourth-order valence-electron chi connectivity index (χ4n) is 1.00. The van der Waals surface area contributed by atoms with Crippen molar-refractivity contribution in [1.82, 2.24) is 4.98 Å². The van der Waals surface area contributed by atoms with Crippen LogP contribution in [0, 0.1) is 11.3 Å². The van der Waals surface area contributed by atoms with E-state index in [1.165, 1.54) is 12.1 Å². The molecule has 2 N–H and O–H groups in total. The van der Waals surface area contributed by atoms with Gasteiger partial charge in [0.25, 0.3) is 0 Å². The summed E-state index contributed by atoms with van der Waals surface area (Å²) in [5.74, 6) is -4.67. The van der Waals surface area contributed by atoms with E-state index in [9.17, 15) is 9.59 Å². The average molecular weight is 206 g/mol. The lowest BCUT2D eigenvalue weighted by atomic mass is 10.1. The summed E-state index contributed by atoms with van der Waals surface area (Å²) in [6, 6.07) is 4.33. The predicted octanol–water partition coefficient (Wildman–Crippen LogP) is 0.206. The van der Waals surface area contributed by atoms with E-state index in [1.54, 1.807) is 6.07 Å². The molecule has 0 saturated heterocycles. The standard InChI is InChI=1S/C9H6N2O4/c10-3-5-1-2-6(11-4-5)7(8(12)13)9(14)15/h1-2,4,7H,(H,12,13)(H,14,15). The first-order valence-corrected chi connectivity index (χ1v) is 3.88. The van der Waals surface area contributed by atoms with Crippen LogP contribution in [0.15, 0.2) is 18.3 Å². The zero-order chi connectivity index (χ0) is 11.4. The van der Waals surface area contributed by atoms with Crippen LogP contribution < -0.4 is 0 Å². The maximum absolute atomic E-state index is 10.6. The number of aromatic nitrogens is 1. The molecule has 0 atom stereocenters. The highest BCUT2D eigenvalue weighted by atomic mass is 16.4. The third kappa shape index (κ3) is 2.28. The molecule has 0 saturated carbocycles. The van der Waals surface area contributed by atoms with Crippen molar-refractivity contribution in [3.63, 3.8) is 0 Å². The minimum atomic E-state index is -1.70. The van der Waals surface area contributed by atoms with Gasteiger partial charge in [0, 0.05) is 6.20 Å². The fourth-order valence-corrected chi connectivity index (χ4v) is 1.00. The second kappa shape index (κ2) is 4.19. The first-order chi connectivity index (χ1) is 7.06. The third-order valence-corrected chi connectivity index (χ3v) is 1.71. The Hall–Kier alpha value is -2.42. The summed E-state index contributed by atoms with van der Waals surface area (Å²) in [6.45, 7) is 0. The quantitative estimate of drug-likeness (QED) is 0.683. The lowest BCUT2D eigenvalue weighted by Gasteiger charge is -2.05. The summed E-state index contributed by atoms with van der Waals surface area (Å²) in [7, 11) is 0. The molecule has 0 amide bonds. The van der Waals surface area contributed by atoms with Crippen LogP contribution in [-0.2, 0) is 9.59 Å². The SMILES string of the molecule is N#Cc1ccc(C(C(=O)O)C(=O)O)nc1. The first-order valence-electron chi connectivity index (χ1n) is 3.88. The van der Waals surface area contributed by atoms with Gasteiger partial charge in [-0.25, -0.2) is 0 Å². The largest absolute Gasteiger partial charge is 0.480 e. The van der Waals surface area contributed by atoms with Crippen LogP contribution >= 0.6 is 0 Å². The van der Waals surface area contributed by atoms with Crippen LogP contribution in [0.5, 0.6) is 0 Å². The monoisotopic (exact) mass is 206 g/mol. The number of carboxylic acid groups (broad SMARTS) is 2. The van der Waals surface area contributed by atoms with Crippen molar-refractivity contribution in [2.75, 3.05) is 0 Å². The Morgan fingerprint density at radius 1 is 1.33 bits per heavy atom. The van der Waals surface area contributed by atoms with Gasteiger partial charge in [0.2, 0.25) is 0 Å². The molecule has 76 valence electrons. The molecule has 6 nitrogen and oxygen atoms in total. The van der Waals surface area contributed by atoms with Crippen molar-refractivity contribution >= 4 is 11.9 Å². The Balaban J connectivity index is 3.09. The molecule has 0 radical (unpaired) electrons. The summed E-state index contributed by atoms with van der Waals surface area (Å²) in [5, 5.41) is 25.7. The smallest absolute Gasteiger partial charge is 0.324 e. The molecule has 6 heteroatoms. The normalized spacial score (nSPS) is 9.60. The second-order valence-electron chi connectivity index (χ2n) is 2.69. The number of carbonyl (C=O) groups is 2. The summed E-state index contributed by atoms with van der Waals surface area (Å²) in [5.41, 5.74) is 0.141. The maximum atomic E-state index is 10.6. The lowest BCUT2D eigenvalue weighted by Crippen LogP contribution is -2.22. The summed E-state index contributed by atoms with van der Waals surface area (Å²) < 4.78 is 0. The Labute approximate surface area is 84.4 Å². The van der Waals surface area contributed by atoms with Gasteiger partial charge in [-0.15, -0.1) is 0 Å². The van der Waals surface area contributed by atoms with Gasteiger partial charge in [0.05, 0.1) is 11.3 Å². The topological polar surface area (TPSA) is 111 Å². The summed E-state index contributed by atoms with van der Waals surface area (Å²) in [6.07, 6.45) is 1.13. The van der Waals surface area contributed by atoms with Crippen LogP contribution in [0.1, 0.15) is 17.2 Å². The number of hydrogen-bond donors (Lipinski definition) is 2. The van der Waals surface area contributed by atoms with Gasteiger partial charge in [-0.1, -0.05) is 0 Å². The fraction of sp³-hybridized carbons (Fsp3) is 0.111. The zero-order valence-corrected chi connectivity index (χ0v) is 7.41. The van der Waals surface area contributed by atoms with Gasteiger partial charge in [0.15, 0.2) is 5.92 Å². The van der Waals surface area contributed by atoms with E-state index in [2.05, 4.69) is 4.98 Å². The molecular weight excluding hydrogens is 200 g/mol. The van der Waals surface area contributed by atoms with Gasteiger partial charge in [-0.05, 0) is 12.1 Å². The molecule has 0 aromatic carbocycles. The number of nitrogens with zero attached hydrogens (tertiary/aromatic N) is 2. The highest BCUT2D eigenvalue weighted by molar-refractivity contribution is 5.98. The van der Waals surface area contributed by atoms with Crippen molar-refractivity contribution in [2.24, 2.45) is 0 Å². The zero-order valence-electron chi connectivity index (χ0n) is 7.41. The lowest BCUT2D eigenvalue weighted by molar-refractivity contribution is -0.150.